The van der Waals surface area contributed by atoms with Gasteiger partial charge in [-0.25, -0.2) is 0 Å². The summed E-state index contributed by atoms with van der Waals surface area (Å²) in [4.78, 5) is 23.0. The summed E-state index contributed by atoms with van der Waals surface area (Å²) in [6, 6.07) is 6.95. The van der Waals surface area contributed by atoms with Gasteiger partial charge in [-0.3, -0.25) is 9.59 Å². The van der Waals surface area contributed by atoms with Crippen molar-refractivity contribution in [1.29, 1.82) is 0 Å². The number of carbonyl (C=O) groups is 2. The van der Waals surface area contributed by atoms with E-state index in [1.807, 2.05) is 6.92 Å². The number of benzene rings is 1. The van der Waals surface area contributed by atoms with Gasteiger partial charge in [-0.05, 0) is 24.6 Å². The van der Waals surface area contributed by atoms with Crippen LogP contribution < -0.4 is 21.1 Å². The Hall–Kier alpha value is -2.08. The first-order valence-electron chi connectivity index (χ1n) is 7.02. The van der Waals surface area contributed by atoms with Gasteiger partial charge in [-0.15, -0.1) is 0 Å². The van der Waals surface area contributed by atoms with E-state index in [1.54, 1.807) is 31.3 Å². The normalized spacial score (nSPS) is 11.6. The van der Waals surface area contributed by atoms with Crippen LogP contribution in [0.4, 0.5) is 5.69 Å². The summed E-state index contributed by atoms with van der Waals surface area (Å²) >= 11 is 0. The topological polar surface area (TPSA) is 93.5 Å². The number of amides is 2. The van der Waals surface area contributed by atoms with Crippen LogP contribution in [0.15, 0.2) is 24.3 Å². The van der Waals surface area contributed by atoms with E-state index in [4.69, 9.17) is 10.5 Å². The molecule has 1 atom stereocenters. The molecule has 0 heterocycles. The van der Waals surface area contributed by atoms with E-state index in [1.165, 1.54) is 0 Å². The minimum Gasteiger partial charge on any atom is -0.484 e. The third-order valence-corrected chi connectivity index (χ3v) is 3.15. The highest BCUT2D eigenvalue weighted by atomic mass is 16.5. The van der Waals surface area contributed by atoms with Gasteiger partial charge in [0, 0.05) is 25.2 Å². The highest BCUT2D eigenvalue weighted by molar-refractivity contribution is 5.91. The molecule has 0 aliphatic rings. The second kappa shape index (κ2) is 8.97. The standard InChI is InChI=1S/C15H23N3O3/c1-3-11(9-16)7-14(19)18-12-5-4-6-13(8-12)21-10-15(20)17-2/h4-6,8,11H,3,7,9-10,16H2,1-2H3,(H,17,20)(H,18,19). The van der Waals surface area contributed by atoms with Crippen molar-refractivity contribution in [3.63, 3.8) is 0 Å². The predicted octanol–water partition coefficient (Wildman–Crippen LogP) is 1.12. The first kappa shape index (κ1) is 17.0. The molecule has 6 heteroatoms. The molecule has 4 N–H and O–H groups in total. The van der Waals surface area contributed by atoms with E-state index in [0.717, 1.165) is 6.42 Å². The Bertz CT molecular complexity index is 473. The molecular formula is C15H23N3O3. The Morgan fingerprint density at radius 1 is 1.33 bits per heavy atom. The average molecular weight is 293 g/mol. The molecule has 0 aliphatic heterocycles. The fraction of sp³-hybridized carbons (Fsp3) is 0.467. The Kier molecular flexibility index (Phi) is 7.25. The van der Waals surface area contributed by atoms with Gasteiger partial charge in [0.15, 0.2) is 6.61 Å². The van der Waals surface area contributed by atoms with Gasteiger partial charge < -0.3 is 21.1 Å². The number of nitrogens with one attached hydrogen (secondary N) is 2. The van der Waals surface area contributed by atoms with Crippen molar-refractivity contribution in [3.05, 3.63) is 24.3 Å². The van der Waals surface area contributed by atoms with Crippen LogP contribution in [0.1, 0.15) is 19.8 Å². The minimum atomic E-state index is -0.210. The summed E-state index contributed by atoms with van der Waals surface area (Å²) in [5, 5.41) is 5.28. The number of carbonyl (C=O) groups excluding carboxylic acids is 2. The second-order valence-electron chi connectivity index (χ2n) is 4.75. The van der Waals surface area contributed by atoms with Crippen molar-refractivity contribution < 1.29 is 14.3 Å². The molecular weight excluding hydrogens is 270 g/mol. The number of rotatable bonds is 8. The maximum atomic E-state index is 11.9. The number of likely N-dealkylation sites (N-methyl/N-ethyl adjacent to an activating group) is 1. The zero-order chi connectivity index (χ0) is 15.7. The Labute approximate surface area is 125 Å². The van der Waals surface area contributed by atoms with E-state index in [0.29, 0.717) is 24.4 Å². The number of hydrogen-bond acceptors (Lipinski definition) is 4. The van der Waals surface area contributed by atoms with Crippen molar-refractivity contribution in [3.8, 4) is 5.75 Å². The summed E-state index contributed by atoms with van der Waals surface area (Å²) in [5.41, 5.74) is 6.23. The van der Waals surface area contributed by atoms with Crippen LogP contribution in [-0.2, 0) is 9.59 Å². The molecule has 116 valence electrons. The predicted molar refractivity (Wildman–Crippen MR) is 82.1 cm³/mol. The summed E-state index contributed by atoms with van der Waals surface area (Å²) < 4.78 is 5.32. The molecule has 1 unspecified atom stereocenters. The van der Waals surface area contributed by atoms with E-state index in [-0.39, 0.29) is 24.3 Å². The Morgan fingerprint density at radius 3 is 2.71 bits per heavy atom. The molecule has 0 spiro atoms. The lowest BCUT2D eigenvalue weighted by molar-refractivity contribution is -0.122. The Morgan fingerprint density at radius 2 is 2.10 bits per heavy atom. The maximum Gasteiger partial charge on any atom is 0.257 e. The number of hydrogen-bond donors (Lipinski definition) is 3. The van der Waals surface area contributed by atoms with Gasteiger partial charge in [0.1, 0.15) is 5.75 Å². The van der Waals surface area contributed by atoms with Crippen molar-refractivity contribution in [2.24, 2.45) is 11.7 Å². The van der Waals surface area contributed by atoms with Crippen LogP contribution in [0, 0.1) is 5.92 Å². The minimum absolute atomic E-state index is 0.0566. The van der Waals surface area contributed by atoms with Crippen LogP contribution in [0.5, 0.6) is 5.75 Å². The third-order valence-electron chi connectivity index (χ3n) is 3.15. The van der Waals surface area contributed by atoms with Gasteiger partial charge in [0.25, 0.3) is 5.91 Å². The zero-order valence-corrected chi connectivity index (χ0v) is 12.5. The highest BCUT2D eigenvalue weighted by Crippen LogP contribution is 2.18. The maximum absolute atomic E-state index is 11.9. The second-order valence-corrected chi connectivity index (χ2v) is 4.75. The van der Waals surface area contributed by atoms with Crippen LogP contribution in [0.2, 0.25) is 0 Å². The lowest BCUT2D eigenvalue weighted by Gasteiger charge is -2.12. The summed E-state index contributed by atoms with van der Waals surface area (Å²) in [7, 11) is 1.55. The average Bonchev–Trinajstić information content (AvgIpc) is 2.50. The third kappa shape index (κ3) is 6.27. The summed E-state index contributed by atoms with van der Waals surface area (Å²) in [5.74, 6) is 0.439. The van der Waals surface area contributed by atoms with Crippen molar-refractivity contribution in [1.82, 2.24) is 5.32 Å². The SMILES string of the molecule is CCC(CN)CC(=O)Nc1cccc(OCC(=O)NC)c1. The van der Waals surface area contributed by atoms with E-state index < -0.39 is 0 Å². The molecule has 0 saturated heterocycles. The van der Waals surface area contributed by atoms with Crippen molar-refractivity contribution in [2.75, 3.05) is 25.5 Å². The molecule has 0 bridgehead atoms. The largest absolute Gasteiger partial charge is 0.484 e. The quantitative estimate of drug-likeness (QED) is 0.669. The fourth-order valence-electron chi connectivity index (χ4n) is 1.75. The first-order valence-corrected chi connectivity index (χ1v) is 7.02. The molecule has 1 aromatic rings. The molecule has 0 fully saturated rings. The molecule has 2 amide bonds. The van der Waals surface area contributed by atoms with Gasteiger partial charge in [0.2, 0.25) is 5.91 Å². The lowest BCUT2D eigenvalue weighted by atomic mass is 10.0. The number of nitrogens with two attached hydrogens (primary N) is 1. The summed E-state index contributed by atoms with van der Waals surface area (Å²) in [6.07, 6.45) is 1.27. The van der Waals surface area contributed by atoms with E-state index in [2.05, 4.69) is 10.6 Å². The number of ether oxygens (including phenoxy) is 1. The van der Waals surface area contributed by atoms with Crippen LogP contribution in [-0.4, -0.2) is 32.0 Å². The molecule has 0 radical (unpaired) electrons. The van der Waals surface area contributed by atoms with Crippen molar-refractivity contribution >= 4 is 17.5 Å². The molecule has 1 aromatic carbocycles. The molecule has 0 aromatic heterocycles. The monoisotopic (exact) mass is 293 g/mol. The van der Waals surface area contributed by atoms with Crippen molar-refractivity contribution in [2.45, 2.75) is 19.8 Å². The van der Waals surface area contributed by atoms with Crippen LogP contribution in [0.3, 0.4) is 0 Å². The Balaban J connectivity index is 2.55. The molecule has 0 saturated carbocycles. The van der Waals surface area contributed by atoms with E-state index in [9.17, 15) is 9.59 Å². The van der Waals surface area contributed by atoms with Crippen LogP contribution >= 0.6 is 0 Å². The molecule has 1 rings (SSSR count). The molecule has 6 nitrogen and oxygen atoms in total. The summed E-state index contributed by atoms with van der Waals surface area (Å²) in [6.45, 7) is 2.45. The smallest absolute Gasteiger partial charge is 0.257 e. The lowest BCUT2D eigenvalue weighted by Crippen LogP contribution is -2.24. The molecule has 21 heavy (non-hydrogen) atoms. The molecule has 0 aliphatic carbocycles. The van der Waals surface area contributed by atoms with E-state index >= 15 is 0 Å². The van der Waals surface area contributed by atoms with Gasteiger partial charge >= 0.3 is 0 Å². The van der Waals surface area contributed by atoms with Gasteiger partial charge in [0.05, 0.1) is 0 Å². The number of anilines is 1. The fourth-order valence-corrected chi connectivity index (χ4v) is 1.75. The first-order chi connectivity index (χ1) is 10.1. The van der Waals surface area contributed by atoms with Gasteiger partial charge in [-0.2, -0.15) is 0 Å². The zero-order valence-electron chi connectivity index (χ0n) is 12.5. The highest BCUT2D eigenvalue weighted by Gasteiger charge is 2.11. The van der Waals surface area contributed by atoms with Crippen LogP contribution in [0.25, 0.3) is 0 Å². The van der Waals surface area contributed by atoms with Gasteiger partial charge in [-0.1, -0.05) is 19.4 Å².